The maximum atomic E-state index is 12.2. The number of nitrogens with one attached hydrogen (secondary N) is 2. The highest BCUT2D eigenvalue weighted by Crippen LogP contribution is 2.21. The van der Waals surface area contributed by atoms with Crippen molar-refractivity contribution in [2.45, 2.75) is 40.3 Å². The lowest BCUT2D eigenvalue weighted by Crippen LogP contribution is -2.29. The first-order valence-electron chi connectivity index (χ1n) is 6.98. The Morgan fingerprint density at radius 3 is 2.71 bits per heavy atom. The van der Waals surface area contributed by atoms with Gasteiger partial charge in [-0.05, 0) is 33.8 Å². The Balaban J connectivity index is 2.22. The third-order valence-corrected chi connectivity index (χ3v) is 3.53. The van der Waals surface area contributed by atoms with Crippen molar-refractivity contribution in [3.05, 3.63) is 51.2 Å². The number of rotatable bonds is 4. The normalized spacial score (nSPS) is 12.2. The molecule has 2 aromatic heterocycles. The van der Waals surface area contributed by atoms with Gasteiger partial charge in [-0.1, -0.05) is 6.07 Å². The molecule has 0 aromatic carbocycles. The Kier molecular flexibility index (Phi) is 4.26. The maximum Gasteiger partial charge on any atom is 0.268 e. The summed E-state index contributed by atoms with van der Waals surface area (Å²) >= 11 is 0. The van der Waals surface area contributed by atoms with Gasteiger partial charge in [-0.15, -0.1) is 0 Å². The molecule has 6 nitrogen and oxygen atoms in total. The number of pyridine rings is 1. The molecular weight excluding hydrogens is 268 g/mol. The molecule has 1 atom stereocenters. The zero-order valence-corrected chi connectivity index (χ0v) is 12.7. The summed E-state index contributed by atoms with van der Waals surface area (Å²) < 4.78 is 1.91. The van der Waals surface area contributed by atoms with Crippen molar-refractivity contribution >= 4 is 5.91 Å². The van der Waals surface area contributed by atoms with Crippen LogP contribution in [0.1, 0.15) is 47.3 Å². The molecule has 2 heterocycles. The number of hydrogen-bond donors (Lipinski definition) is 2. The summed E-state index contributed by atoms with van der Waals surface area (Å²) in [6.45, 7) is 8.66. The van der Waals surface area contributed by atoms with E-state index in [1.165, 1.54) is 6.07 Å². The molecule has 21 heavy (non-hydrogen) atoms. The molecule has 0 aliphatic heterocycles. The van der Waals surface area contributed by atoms with E-state index in [0.717, 1.165) is 23.5 Å². The van der Waals surface area contributed by atoms with Crippen molar-refractivity contribution < 1.29 is 4.79 Å². The van der Waals surface area contributed by atoms with E-state index < -0.39 is 0 Å². The Labute approximate surface area is 123 Å². The van der Waals surface area contributed by atoms with E-state index in [9.17, 15) is 9.59 Å². The van der Waals surface area contributed by atoms with Crippen molar-refractivity contribution in [3.8, 4) is 0 Å². The molecule has 0 unspecified atom stereocenters. The fourth-order valence-electron chi connectivity index (χ4n) is 2.57. The number of carbonyl (C=O) groups excluding carboxylic acids is 1. The zero-order chi connectivity index (χ0) is 15.6. The smallest absolute Gasteiger partial charge is 0.268 e. The first-order valence-corrected chi connectivity index (χ1v) is 6.98. The quantitative estimate of drug-likeness (QED) is 0.898. The minimum atomic E-state index is -0.303. The van der Waals surface area contributed by atoms with Crippen LogP contribution in [0.3, 0.4) is 0 Å². The second kappa shape index (κ2) is 5.95. The zero-order valence-electron chi connectivity index (χ0n) is 12.7. The van der Waals surface area contributed by atoms with Crippen LogP contribution in [0.5, 0.6) is 0 Å². The molecule has 6 heteroatoms. The molecule has 0 spiro atoms. The molecule has 2 aromatic rings. The minimum absolute atomic E-state index is 0.179. The van der Waals surface area contributed by atoms with Gasteiger partial charge in [-0.2, -0.15) is 5.10 Å². The highest BCUT2D eigenvalue weighted by Gasteiger charge is 2.19. The van der Waals surface area contributed by atoms with Crippen LogP contribution in [0.25, 0.3) is 0 Å². The molecule has 0 aliphatic rings. The number of nitrogens with zero attached hydrogens (tertiary/aromatic N) is 2. The molecule has 0 bridgehead atoms. The van der Waals surface area contributed by atoms with Crippen LogP contribution in [-0.4, -0.2) is 20.7 Å². The second-order valence-electron chi connectivity index (χ2n) is 5.02. The summed E-state index contributed by atoms with van der Waals surface area (Å²) in [5.41, 5.74) is 2.94. The van der Waals surface area contributed by atoms with E-state index in [-0.39, 0.29) is 23.2 Å². The molecular formula is C15H20N4O2. The number of hydrogen-bond acceptors (Lipinski definition) is 3. The largest absolute Gasteiger partial charge is 0.344 e. The van der Waals surface area contributed by atoms with Gasteiger partial charge in [0.25, 0.3) is 5.91 Å². The van der Waals surface area contributed by atoms with Crippen molar-refractivity contribution in [1.29, 1.82) is 0 Å². The summed E-state index contributed by atoms with van der Waals surface area (Å²) in [6.07, 6.45) is 0. The van der Waals surface area contributed by atoms with Crippen molar-refractivity contribution in [1.82, 2.24) is 20.1 Å². The van der Waals surface area contributed by atoms with Crippen molar-refractivity contribution in [3.63, 3.8) is 0 Å². The molecule has 0 saturated carbocycles. The van der Waals surface area contributed by atoms with Gasteiger partial charge in [0.2, 0.25) is 5.56 Å². The van der Waals surface area contributed by atoms with Gasteiger partial charge in [0.05, 0.1) is 11.7 Å². The summed E-state index contributed by atoms with van der Waals surface area (Å²) in [5, 5.41) is 7.35. The van der Waals surface area contributed by atoms with Gasteiger partial charge in [0, 0.05) is 23.9 Å². The SMILES string of the molecule is CCn1nc(C)c([C@H](C)NC(=O)c2cccc(=O)[nH]2)c1C. The van der Waals surface area contributed by atoms with E-state index in [0.29, 0.717) is 0 Å². The van der Waals surface area contributed by atoms with Gasteiger partial charge in [0.15, 0.2) is 0 Å². The van der Waals surface area contributed by atoms with Crippen LogP contribution in [-0.2, 0) is 6.54 Å². The molecule has 112 valence electrons. The maximum absolute atomic E-state index is 12.2. The average Bonchev–Trinajstić information content (AvgIpc) is 2.73. The predicted molar refractivity (Wildman–Crippen MR) is 80.3 cm³/mol. The van der Waals surface area contributed by atoms with Gasteiger partial charge in [-0.25, -0.2) is 0 Å². The summed E-state index contributed by atoms with van der Waals surface area (Å²) in [4.78, 5) is 25.9. The van der Waals surface area contributed by atoms with Crippen LogP contribution in [0, 0.1) is 13.8 Å². The van der Waals surface area contributed by atoms with Crippen LogP contribution in [0.4, 0.5) is 0 Å². The summed E-state index contributed by atoms with van der Waals surface area (Å²) in [7, 11) is 0. The topological polar surface area (TPSA) is 79.8 Å². The first-order chi connectivity index (χ1) is 9.93. The van der Waals surface area contributed by atoms with E-state index in [1.54, 1.807) is 12.1 Å². The molecule has 0 aliphatic carbocycles. The van der Waals surface area contributed by atoms with Crippen LogP contribution in [0.2, 0.25) is 0 Å². The van der Waals surface area contributed by atoms with Crippen molar-refractivity contribution in [2.75, 3.05) is 0 Å². The number of amides is 1. The second-order valence-corrected chi connectivity index (χ2v) is 5.02. The standard InChI is InChI=1S/C15H20N4O2/c1-5-19-11(4)14(10(3)18-19)9(2)16-15(21)12-7-6-8-13(20)17-12/h6-9H,5H2,1-4H3,(H,16,21)(H,17,20)/t9-/m0/s1. The number of aryl methyl sites for hydroxylation is 2. The fourth-order valence-corrected chi connectivity index (χ4v) is 2.57. The highest BCUT2D eigenvalue weighted by molar-refractivity contribution is 5.92. The molecule has 2 rings (SSSR count). The Morgan fingerprint density at radius 1 is 1.43 bits per heavy atom. The van der Waals surface area contributed by atoms with Crippen LogP contribution in [0.15, 0.2) is 23.0 Å². The van der Waals surface area contributed by atoms with Gasteiger partial charge in [-0.3, -0.25) is 14.3 Å². The van der Waals surface area contributed by atoms with E-state index in [2.05, 4.69) is 15.4 Å². The van der Waals surface area contributed by atoms with Crippen molar-refractivity contribution in [2.24, 2.45) is 0 Å². The molecule has 0 radical (unpaired) electrons. The Morgan fingerprint density at radius 2 is 2.14 bits per heavy atom. The molecule has 0 fully saturated rings. The van der Waals surface area contributed by atoms with E-state index in [4.69, 9.17) is 0 Å². The number of H-pyrrole nitrogens is 1. The number of carbonyl (C=O) groups is 1. The van der Waals surface area contributed by atoms with Crippen LogP contribution < -0.4 is 10.9 Å². The average molecular weight is 288 g/mol. The fraction of sp³-hybridized carbons (Fsp3) is 0.400. The highest BCUT2D eigenvalue weighted by atomic mass is 16.2. The lowest BCUT2D eigenvalue weighted by Gasteiger charge is -2.15. The monoisotopic (exact) mass is 288 g/mol. The first kappa shape index (κ1) is 15.0. The third-order valence-electron chi connectivity index (χ3n) is 3.53. The summed E-state index contributed by atoms with van der Waals surface area (Å²) in [6, 6.07) is 4.34. The number of aromatic nitrogens is 3. The lowest BCUT2D eigenvalue weighted by molar-refractivity contribution is 0.0934. The lowest BCUT2D eigenvalue weighted by atomic mass is 10.1. The third kappa shape index (κ3) is 3.04. The predicted octanol–water partition coefficient (Wildman–Crippen LogP) is 1.70. The summed E-state index contributed by atoms with van der Waals surface area (Å²) in [5.74, 6) is -0.303. The van der Waals surface area contributed by atoms with Gasteiger partial charge < -0.3 is 10.3 Å². The van der Waals surface area contributed by atoms with E-state index in [1.807, 2.05) is 32.4 Å². The number of aromatic amines is 1. The van der Waals surface area contributed by atoms with Crippen LogP contribution >= 0.6 is 0 Å². The van der Waals surface area contributed by atoms with Gasteiger partial charge >= 0.3 is 0 Å². The molecule has 1 amide bonds. The Bertz CT molecular complexity index is 715. The molecule has 2 N–H and O–H groups in total. The molecule has 0 saturated heterocycles. The Hall–Kier alpha value is -2.37. The van der Waals surface area contributed by atoms with E-state index >= 15 is 0 Å². The minimum Gasteiger partial charge on any atom is -0.344 e. The van der Waals surface area contributed by atoms with Gasteiger partial charge in [0.1, 0.15) is 5.69 Å².